The second-order valence-electron chi connectivity index (χ2n) is 4.25. The third-order valence-electron chi connectivity index (χ3n) is 3.17. The van der Waals surface area contributed by atoms with Crippen molar-refractivity contribution in [2.75, 3.05) is 24.5 Å². The van der Waals surface area contributed by atoms with E-state index in [2.05, 4.69) is 49.9 Å². The molecule has 1 aromatic carbocycles. The Morgan fingerprint density at radius 1 is 1.25 bits per heavy atom. The Morgan fingerprint density at radius 3 is 2.50 bits per heavy atom. The predicted molar refractivity (Wildman–Crippen MR) is 72.1 cm³/mol. The molecule has 2 nitrogen and oxygen atoms in total. The van der Waals surface area contributed by atoms with Crippen LogP contribution >= 0.6 is 0 Å². The van der Waals surface area contributed by atoms with Gasteiger partial charge >= 0.3 is 0 Å². The van der Waals surface area contributed by atoms with Crippen LogP contribution < -0.4 is 10.6 Å². The van der Waals surface area contributed by atoms with Gasteiger partial charge in [-0.25, -0.2) is 0 Å². The highest BCUT2D eigenvalue weighted by Gasteiger charge is 2.07. The summed E-state index contributed by atoms with van der Waals surface area (Å²) in [6, 6.07) is 8.84. The molecule has 1 unspecified atom stereocenters. The van der Waals surface area contributed by atoms with Gasteiger partial charge in [0.25, 0.3) is 0 Å². The monoisotopic (exact) mass is 220 g/mol. The highest BCUT2D eigenvalue weighted by Crippen LogP contribution is 2.23. The Labute approximate surface area is 99.5 Å². The zero-order valence-corrected chi connectivity index (χ0v) is 10.7. The van der Waals surface area contributed by atoms with E-state index in [0.29, 0.717) is 5.92 Å². The van der Waals surface area contributed by atoms with Crippen LogP contribution in [-0.2, 0) is 0 Å². The van der Waals surface area contributed by atoms with E-state index in [1.165, 1.54) is 11.3 Å². The van der Waals surface area contributed by atoms with Crippen molar-refractivity contribution in [3.05, 3.63) is 29.8 Å². The van der Waals surface area contributed by atoms with Crippen molar-refractivity contribution in [2.45, 2.75) is 33.1 Å². The van der Waals surface area contributed by atoms with Crippen LogP contribution in [-0.4, -0.2) is 19.6 Å². The molecule has 0 aliphatic rings. The fourth-order valence-corrected chi connectivity index (χ4v) is 2.03. The van der Waals surface area contributed by atoms with Crippen LogP contribution in [0.1, 0.15) is 38.7 Å². The van der Waals surface area contributed by atoms with Gasteiger partial charge in [-0.1, -0.05) is 19.1 Å². The second kappa shape index (κ2) is 6.54. The van der Waals surface area contributed by atoms with Crippen molar-refractivity contribution >= 4 is 5.69 Å². The summed E-state index contributed by atoms with van der Waals surface area (Å²) in [5.74, 6) is 0.556. The molecule has 1 rings (SSSR count). The smallest absolute Gasteiger partial charge is 0.0368 e. The summed E-state index contributed by atoms with van der Waals surface area (Å²) in [5.41, 5.74) is 8.33. The minimum Gasteiger partial charge on any atom is -0.372 e. The molecule has 0 aromatic heterocycles. The highest BCUT2D eigenvalue weighted by molar-refractivity contribution is 5.49. The molecule has 1 aromatic rings. The van der Waals surface area contributed by atoms with E-state index in [-0.39, 0.29) is 0 Å². The van der Waals surface area contributed by atoms with Gasteiger partial charge in [0.15, 0.2) is 0 Å². The number of hydrogen-bond acceptors (Lipinski definition) is 2. The molecule has 2 N–H and O–H groups in total. The third kappa shape index (κ3) is 3.24. The van der Waals surface area contributed by atoms with Crippen molar-refractivity contribution < 1.29 is 0 Å². The number of anilines is 1. The molecule has 2 heteroatoms. The van der Waals surface area contributed by atoms with E-state index in [0.717, 1.165) is 26.1 Å². The Kier molecular flexibility index (Phi) is 5.33. The molecule has 90 valence electrons. The molecule has 0 spiro atoms. The first-order chi connectivity index (χ1) is 7.72. The molecule has 0 aliphatic heterocycles. The van der Waals surface area contributed by atoms with Gasteiger partial charge in [-0.3, -0.25) is 0 Å². The van der Waals surface area contributed by atoms with Gasteiger partial charge in [0.05, 0.1) is 0 Å². The Bertz CT molecular complexity index is 305. The first-order valence-corrected chi connectivity index (χ1v) is 6.27. The quantitative estimate of drug-likeness (QED) is 0.798. The number of hydrogen-bond donors (Lipinski definition) is 1. The minimum absolute atomic E-state index is 0.556. The number of rotatable bonds is 6. The van der Waals surface area contributed by atoms with Gasteiger partial charge < -0.3 is 10.6 Å². The minimum atomic E-state index is 0.556. The van der Waals surface area contributed by atoms with Gasteiger partial charge in [0, 0.05) is 18.8 Å². The van der Waals surface area contributed by atoms with Crippen molar-refractivity contribution in [3.8, 4) is 0 Å². The van der Waals surface area contributed by atoms with Gasteiger partial charge in [0.1, 0.15) is 0 Å². The summed E-state index contributed by atoms with van der Waals surface area (Å²) < 4.78 is 0. The normalized spacial score (nSPS) is 12.5. The van der Waals surface area contributed by atoms with Crippen molar-refractivity contribution in [1.29, 1.82) is 0 Å². The fourth-order valence-electron chi connectivity index (χ4n) is 2.03. The lowest BCUT2D eigenvalue weighted by atomic mass is 9.97. The molecule has 0 bridgehead atoms. The van der Waals surface area contributed by atoms with E-state index < -0.39 is 0 Å². The maximum Gasteiger partial charge on any atom is 0.0368 e. The maximum absolute atomic E-state index is 5.61. The van der Waals surface area contributed by atoms with Crippen LogP contribution in [0.2, 0.25) is 0 Å². The molecule has 0 saturated heterocycles. The molecule has 0 radical (unpaired) electrons. The first-order valence-electron chi connectivity index (χ1n) is 6.27. The molecule has 16 heavy (non-hydrogen) atoms. The van der Waals surface area contributed by atoms with Gasteiger partial charge in [0.2, 0.25) is 0 Å². The first kappa shape index (κ1) is 13.0. The van der Waals surface area contributed by atoms with Crippen LogP contribution in [0.25, 0.3) is 0 Å². The standard InChI is InChI=1S/C14H24N2/c1-4-16(5-2)14-8-6-7-13(11-14)12(3)9-10-15/h6-8,11-12H,4-5,9-10,15H2,1-3H3. The molecule has 0 amide bonds. The van der Waals surface area contributed by atoms with Gasteiger partial charge in [-0.2, -0.15) is 0 Å². The summed E-state index contributed by atoms with van der Waals surface area (Å²) >= 11 is 0. The SMILES string of the molecule is CCN(CC)c1cccc(C(C)CCN)c1. The second-order valence-corrected chi connectivity index (χ2v) is 4.25. The topological polar surface area (TPSA) is 29.3 Å². The zero-order chi connectivity index (χ0) is 12.0. The van der Waals surface area contributed by atoms with E-state index in [1.807, 2.05) is 0 Å². The van der Waals surface area contributed by atoms with Gasteiger partial charge in [-0.15, -0.1) is 0 Å². The van der Waals surface area contributed by atoms with Crippen LogP contribution in [0, 0.1) is 0 Å². The zero-order valence-electron chi connectivity index (χ0n) is 10.7. The predicted octanol–water partition coefficient (Wildman–Crippen LogP) is 2.99. The van der Waals surface area contributed by atoms with Crippen LogP contribution in [0.4, 0.5) is 5.69 Å². The van der Waals surface area contributed by atoms with Crippen molar-refractivity contribution in [1.82, 2.24) is 0 Å². The molecular formula is C14H24N2. The summed E-state index contributed by atoms with van der Waals surface area (Å²) in [7, 11) is 0. The lowest BCUT2D eigenvalue weighted by Crippen LogP contribution is -2.21. The Hall–Kier alpha value is -1.02. The summed E-state index contributed by atoms with van der Waals surface area (Å²) in [6.07, 6.45) is 1.06. The Morgan fingerprint density at radius 2 is 1.94 bits per heavy atom. The van der Waals surface area contributed by atoms with E-state index in [1.54, 1.807) is 0 Å². The molecule has 0 aliphatic carbocycles. The average Bonchev–Trinajstić information content (AvgIpc) is 2.31. The van der Waals surface area contributed by atoms with Crippen LogP contribution in [0.15, 0.2) is 24.3 Å². The lowest BCUT2D eigenvalue weighted by molar-refractivity contribution is 0.689. The average molecular weight is 220 g/mol. The summed E-state index contributed by atoms with van der Waals surface area (Å²) in [4.78, 5) is 2.37. The van der Waals surface area contributed by atoms with Crippen molar-refractivity contribution in [2.24, 2.45) is 5.73 Å². The molecule has 0 fully saturated rings. The molecule has 0 heterocycles. The van der Waals surface area contributed by atoms with E-state index in [4.69, 9.17) is 5.73 Å². The summed E-state index contributed by atoms with van der Waals surface area (Å²) in [6.45, 7) is 9.51. The third-order valence-corrected chi connectivity index (χ3v) is 3.17. The highest BCUT2D eigenvalue weighted by atomic mass is 15.1. The number of nitrogens with two attached hydrogens (primary N) is 1. The largest absolute Gasteiger partial charge is 0.372 e. The molecule has 0 saturated carbocycles. The summed E-state index contributed by atoms with van der Waals surface area (Å²) in [5, 5.41) is 0. The van der Waals surface area contributed by atoms with Crippen LogP contribution in [0.5, 0.6) is 0 Å². The maximum atomic E-state index is 5.61. The lowest BCUT2D eigenvalue weighted by Gasteiger charge is -2.22. The van der Waals surface area contributed by atoms with Gasteiger partial charge in [-0.05, 0) is 50.4 Å². The van der Waals surface area contributed by atoms with Crippen LogP contribution in [0.3, 0.4) is 0 Å². The number of nitrogens with zero attached hydrogens (tertiary/aromatic N) is 1. The van der Waals surface area contributed by atoms with Crippen molar-refractivity contribution in [3.63, 3.8) is 0 Å². The van der Waals surface area contributed by atoms with E-state index >= 15 is 0 Å². The Balaban J connectivity index is 2.85. The molecular weight excluding hydrogens is 196 g/mol. The number of benzene rings is 1. The molecule has 1 atom stereocenters. The fraction of sp³-hybridized carbons (Fsp3) is 0.571. The van der Waals surface area contributed by atoms with E-state index in [9.17, 15) is 0 Å².